The second-order valence-corrected chi connectivity index (χ2v) is 8.36. The van der Waals surface area contributed by atoms with Gasteiger partial charge >= 0.3 is 0 Å². The van der Waals surface area contributed by atoms with Crippen LogP contribution in [0.25, 0.3) is 10.6 Å². The molecule has 3 N–H and O–H groups in total. The van der Waals surface area contributed by atoms with Gasteiger partial charge in [-0.2, -0.15) is 5.10 Å². The summed E-state index contributed by atoms with van der Waals surface area (Å²) in [7, 11) is 1.71. The van der Waals surface area contributed by atoms with E-state index in [4.69, 9.17) is 5.73 Å². The first-order valence-corrected chi connectivity index (χ1v) is 10.6. The summed E-state index contributed by atoms with van der Waals surface area (Å²) in [4.78, 5) is 18.8. The van der Waals surface area contributed by atoms with Crippen LogP contribution in [-0.4, -0.2) is 39.9 Å². The Kier molecular flexibility index (Phi) is 5.86. The number of aryl methyl sites for hydroxylation is 1. The molecule has 11 heteroatoms. The molecule has 0 radical (unpaired) electrons. The molecule has 1 atom stereocenters. The van der Waals surface area contributed by atoms with E-state index >= 15 is 0 Å². The molecule has 1 aliphatic heterocycles. The number of carbonyl (C=O) groups excluding carboxylic acids is 1. The summed E-state index contributed by atoms with van der Waals surface area (Å²) in [6.45, 7) is 0.844. The molecule has 3 heterocycles. The highest BCUT2D eigenvalue weighted by molar-refractivity contribution is 7.19. The van der Waals surface area contributed by atoms with Crippen molar-refractivity contribution in [3.8, 4) is 10.6 Å². The molecule has 164 valence electrons. The van der Waals surface area contributed by atoms with E-state index in [0.717, 1.165) is 36.3 Å². The number of nitrogens with zero attached hydrogens (tertiary/aromatic N) is 4. The number of nitrogens with one attached hydrogen (secondary N) is 1. The minimum absolute atomic E-state index is 0.0270. The number of thiazole rings is 1. The molecular formula is C20H21F3N6OS. The third-order valence-electron chi connectivity index (χ3n) is 5.11. The third-order valence-corrected chi connectivity index (χ3v) is 6.02. The summed E-state index contributed by atoms with van der Waals surface area (Å²) >= 11 is 0.820. The van der Waals surface area contributed by atoms with Crippen molar-refractivity contribution in [1.29, 1.82) is 0 Å². The van der Waals surface area contributed by atoms with Crippen LogP contribution in [0.15, 0.2) is 24.4 Å². The summed E-state index contributed by atoms with van der Waals surface area (Å²) in [6, 6.07) is 3.46. The Morgan fingerprint density at radius 1 is 1.29 bits per heavy atom. The molecule has 7 nitrogen and oxygen atoms in total. The summed E-state index contributed by atoms with van der Waals surface area (Å²) < 4.78 is 43.9. The van der Waals surface area contributed by atoms with Crippen LogP contribution in [0.1, 0.15) is 29.8 Å². The van der Waals surface area contributed by atoms with Gasteiger partial charge in [-0.15, -0.1) is 0 Å². The van der Waals surface area contributed by atoms with Crippen LogP contribution in [0.2, 0.25) is 0 Å². The minimum atomic E-state index is -0.964. The average Bonchev–Trinajstić information content (AvgIpc) is 3.18. The summed E-state index contributed by atoms with van der Waals surface area (Å²) in [5.74, 6) is -1.65. The number of aromatic nitrogens is 3. The number of hydrogen-bond acceptors (Lipinski definition) is 6. The molecule has 3 aromatic rings. The second kappa shape index (κ2) is 8.58. The number of benzene rings is 1. The van der Waals surface area contributed by atoms with Gasteiger partial charge in [-0.05, 0) is 31.4 Å². The number of anilines is 3. The van der Waals surface area contributed by atoms with Gasteiger partial charge in [0.15, 0.2) is 11.5 Å². The fourth-order valence-corrected chi connectivity index (χ4v) is 4.54. The number of hydrogen-bond donors (Lipinski definition) is 2. The monoisotopic (exact) mass is 450 g/mol. The van der Waals surface area contributed by atoms with Crippen LogP contribution < -0.4 is 16.0 Å². The van der Waals surface area contributed by atoms with Crippen molar-refractivity contribution < 1.29 is 18.0 Å². The van der Waals surface area contributed by atoms with Gasteiger partial charge in [0.25, 0.3) is 5.91 Å². The lowest BCUT2D eigenvalue weighted by Crippen LogP contribution is -2.31. The lowest BCUT2D eigenvalue weighted by molar-refractivity contribution is 0.102. The molecule has 0 aliphatic carbocycles. The molecule has 0 unspecified atom stereocenters. The fraction of sp³-hybridized carbons (Fsp3) is 0.350. The van der Waals surface area contributed by atoms with E-state index in [2.05, 4.69) is 15.4 Å². The Labute approximate surface area is 180 Å². The largest absolute Gasteiger partial charge is 0.389 e. The molecule has 1 amide bonds. The number of halogens is 3. The van der Waals surface area contributed by atoms with Gasteiger partial charge in [-0.25, -0.2) is 18.2 Å². The number of amides is 1. The third kappa shape index (κ3) is 4.22. The number of rotatable bonds is 4. The molecule has 1 saturated heterocycles. The highest BCUT2D eigenvalue weighted by atomic mass is 32.1. The molecule has 1 fully saturated rings. The topological polar surface area (TPSA) is 89.1 Å². The van der Waals surface area contributed by atoms with Crippen molar-refractivity contribution in [2.75, 3.05) is 29.0 Å². The predicted molar refractivity (Wildman–Crippen MR) is 114 cm³/mol. The van der Waals surface area contributed by atoms with E-state index in [-0.39, 0.29) is 27.8 Å². The maximum Gasteiger partial charge on any atom is 0.277 e. The molecule has 4 rings (SSSR count). The van der Waals surface area contributed by atoms with Crippen molar-refractivity contribution in [3.63, 3.8) is 0 Å². The van der Waals surface area contributed by atoms with Gasteiger partial charge in [-0.3, -0.25) is 9.48 Å². The van der Waals surface area contributed by atoms with Crippen LogP contribution in [0.4, 0.5) is 29.7 Å². The van der Waals surface area contributed by atoms with Crippen molar-refractivity contribution >= 4 is 33.8 Å². The van der Waals surface area contributed by atoms with Gasteiger partial charge in [0.2, 0.25) is 0 Å². The number of alkyl halides is 1. The van der Waals surface area contributed by atoms with Gasteiger partial charge in [0, 0.05) is 13.6 Å². The van der Waals surface area contributed by atoms with Gasteiger partial charge in [0.05, 0.1) is 18.3 Å². The first-order valence-electron chi connectivity index (χ1n) is 9.78. The number of nitrogen functional groups attached to an aromatic ring is 1. The van der Waals surface area contributed by atoms with Gasteiger partial charge in [-0.1, -0.05) is 17.4 Å². The van der Waals surface area contributed by atoms with E-state index in [0.29, 0.717) is 24.5 Å². The maximum absolute atomic E-state index is 14.1. The Balaban J connectivity index is 1.61. The smallest absolute Gasteiger partial charge is 0.277 e. The molecule has 0 bridgehead atoms. The zero-order chi connectivity index (χ0) is 22.1. The van der Waals surface area contributed by atoms with Crippen molar-refractivity contribution in [2.24, 2.45) is 7.05 Å². The molecule has 31 heavy (non-hydrogen) atoms. The van der Waals surface area contributed by atoms with E-state index in [9.17, 15) is 18.0 Å². The van der Waals surface area contributed by atoms with E-state index in [1.165, 1.54) is 12.3 Å². The normalized spacial score (nSPS) is 16.9. The average molecular weight is 450 g/mol. The summed E-state index contributed by atoms with van der Waals surface area (Å²) in [5, 5.41) is 6.88. The standard InChI is InChI=1S/C20H21F3N6OS/c1-28-20(29-8-3-2-5-11(21)10-29)14(9-25-28)26-18(30)16-17(24)31-19(27-16)15-12(22)6-4-7-13(15)23/h4,6-7,9,11H,2-3,5,8,10,24H2,1H3,(H,26,30)/t11-/m1/s1. The first kappa shape index (κ1) is 21.2. The lowest BCUT2D eigenvalue weighted by Gasteiger charge is -2.24. The second-order valence-electron chi connectivity index (χ2n) is 7.33. The van der Waals surface area contributed by atoms with Crippen molar-refractivity contribution in [2.45, 2.75) is 25.4 Å². The fourth-order valence-electron chi connectivity index (χ4n) is 3.66. The summed E-state index contributed by atoms with van der Waals surface area (Å²) in [6.07, 6.45) is 2.62. The van der Waals surface area contributed by atoms with Crippen LogP contribution in [0.5, 0.6) is 0 Å². The minimum Gasteiger partial charge on any atom is -0.389 e. The number of nitrogens with two attached hydrogens (primary N) is 1. The quantitative estimate of drug-likeness (QED) is 0.628. The summed E-state index contributed by atoms with van der Waals surface area (Å²) in [5.41, 5.74) is 5.83. The molecule has 2 aromatic heterocycles. The molecular weight excluding hydrogens is 429 g/mol. The molecule has 0 saturated carbocycles. The van der Waals surface area contributed by atoms with Crippen LogP contribution in [0.3, 0.4) is 0 Å². The van der Waals surface area contributed by atoms with Crippen LogP contribution in [0, 0.1) is 11.6 Å². The number of carbonyl (C=O) groups is 1. The van der Waals surface area contributed by atoms with Gasteiger partial charge < -0.3 is 16.0 Å². The Hall–Kier alpha value is -3.08. The lowest BCUT2D eigenvalue weighted by atomic mass is 10.2. The highest BCUT2D eigenvalue weighted by Crippen LogP contribution is 2.34. The SMILES string of the molecule is Cn1ncc(NC(=O)c2nc(-c3c(F)cccc3F)sc2N)c1N1CCCC[C@@H](F)C1. The van der Waals surface area contributed by atoms with E-state index in [1.807, 2.05) is 4.90 Å². The Bertz CT molecular complexity index is 1090. The van der Waals surface area contributed by atoms with Crippen molar-refractivity contribution in [3.05, 3.63) is 41.7 Å². The van der Waals surface area contributed by atoms with Crippen LogP contribution >= 0.6 is 11.3 Å². The zero-order valence-corrected chi connectivity index (χ0v) is 17.6. The maximum atomic E-state index is 14.1. The first-order chi connectivity index (χ1) is 14.8. The predicted octanol–water partition coefficient (Wildman–Crippen LogP) is 3.98. The Morgan fingerprint density at radius 3 is 2.77 bits per heavy atom. The van der Waals surface area contributed by atoms with E-state index < -0.39 is 23.7 Å². The van der Waals surface area contributed by atoms with Gasteiger partial charge in [0.1, 0.15) is 33.5 Å². The molecule has 1 aliphatic rings. The van der Waals surface area contributed by atoms with E-state index in [1.54, 1.807) is 11.7 Å². The van der Waals surface area contributed by atoms with Crippen LogP contribution in [-0.2, 0) is 7.05 Å². The van der Waals surface area contributed by atoms with Crippen molar-refractivity contribution in [1.82, 2.24) is 14.8 Å². The zero-order valence-electron chi connectivity index (χ0n) is 16.7. The highest BCUT2D eigenvalue weighted by Gasteiger charge is 2.26. The Morgan fingerprint density at radius 2 is 2.03 bits per heavy atom. The molecule has 0 spiro atoms. The molecule has 1 aromatic carbocycles.